The van der Waals surface area contributed by atoms with Gasteiger partial charge >= 0.3 is 0 Å². The number of anilines is 1. The molecule has 0 saturated carbocycles. The van der Waals surface area contributed by atoms with E-state index in [4.69, 9.17) is 0 Å². The molecule has 1 aliphatic rings. The summed E-state index contributed by atoms with van der Waals surface area (Å²) in [6.45, 7) is 0.862. The zero-order valence-corrected chi connectivity index (χ0v) is 11.3. The van der Waals surface area contributed by atoms with Gasteiger partial charge in [0, 0.05) is 37.5 Å². The van der Waals surface area contributed by atoms with E-state index in [1.807, 2.05) is 17.9 Å². The minimum atomic E-state index is 0.862. The molecule has 5 heteroatoms. The van der Waals surface area contributed by atoms with Crippen molar-refractivity contribution in [2.24, 2.45) is 7.05 Å². The number of hydrogen-bond acceptors (Lipinski definition) is 4. The average molecular weight is 257 g/mol. The summed E-state index contributed by atoms with van der Waals surface area (Å²) < 4.78 is 1.84. The molecule has 1 aliphatic carbocycles. The maximum atomic E-state index is 4.38. The van der Waals surface area contributed by atoms with Crippen LogP contribution in [0.5, 0.6) is 0 Å². The second kappa shape index (κ2) is 5.38. The number of rotatable bonds is 4. The molecule has 100 valence electrons. The molecular weight excluding hydrogens is 238 g/mol. The highest BCUT2D eigenvalue weighted by Crippen LogP contribution is 2.24. The van der Waals surface area contributed by atoms with E-state index in [1.54, 1.807) is 6.33 Å². The van der Waals surface area contributed by atoms with E-state index in [-0.39, 0.29) is 0 Å². The standard InChI is InChI=1S/C14H19N5/c1-19-9-7-11(18-19)6-8-15-14-12-4-2-3-5-13(12)16-10-17-14/h7,9-10H,2-6,8H2,1H3,(H,15,16,17). The van der Waals surface area contributed by atoms with Gasteiger partial charge in [0.25, 0.3) is 0 Å². The number of aryl methyl sites for hydroxylation is 2. The highest BCUT2D eigenvalue weighted by atomic mass is 15.2. The third-order valence-corrected chi connectivity index (χ3v) is 3.57. The van der Waals surface area contributed by atoms with Crippen LogP contribution in [0.15, 0.2) is 18.6 Å². The minimum Gasteiger partial charge on any atom is -0.369 e. The second-order valence-electron chi connectivity index (χ2n) is 5.01. The molecule has 0 aliphatic heterocycles. The van der Waals surface area contributed by atoms with Crippen molar-refractivity contribution in [3.63, 3.8) is 0 Å². The molecule has 0 aromatic carbocycles. The summed E-state index contributed by atoms with van der Waals surface area (Å²) in [7, 11) is 1.94. The van der Waals surface area contributed by atoms with Crippen LogP contribution in [0, 0.1) is 0 Å². The largest absolute Gasteiger partial charge is 0.369 e. The first kappa shape index (κ1) is 12.1. The third kappa shape index (κ3) is 2.75. The molecule has 0 saturated heterocycles. The van der Waals surface area contributed by atoms with Crippen molar-refractivity contribution >= 4 is 5.82 Å². The van der Waals surface area contributed by atoms with Crippen molar-refractivity contribution in [1.29, 1.82) is 0 Å². The predicted octanol–water partition coefficient (Wildman–Crippen LogP) is 1.74. The number of hydrogen-bond donors (Lipinski definition) is 1. The molecule has 2 heterocycles. The molecule has 5 nitrogen and oxygen atoms in total. The van der Waals surface area contributed by atoms with E-state index < -0.39 is 0 Å². The minimum absolute atomic E-state index is 0.862. The van der Waals surface area contributed by atoms with Gasteiger partial charge in [0.15, 0.2) is 0 Å². The zero-order chi connectivity index (χ0) is 13.1. The van der Waals surface area contributed by atoms with Gasteiger partial charge in [-0.2, -0.15) is 5.10 Å². The monoisotopic (exact) mass is 257 g/mol. The van der Waals surface area contributed by atoms with Crippen LogP contribution in [0.25, 0.3) is 0 Å². The number of nitrogens with zero attached hydrogens (tertiary/aromatic N) is 4. The topological polar surface area (TPSA) is 55.6 Å². The summed E-state index contributed by atoms with van der Waals surface area (Å²) >= 11 is 0. The Bertz CT molecular complexity index is 561. The van der Waals surface area contributed by atoms with Gasteiger partial charge in [0.1, 0.15) is 12.1 Å². The smallest absolute Gasteiger partial charge is 0.132 e. The van der Waals surface area contributed by atoms with Crippen molar-refractivity contribution in [2.45, 2.75) is 32.1 Å². The molecule has 1 N–H and O–H groups in total. The molecule has 0 spiro atoms. The predicted molar refractivity (Wildman–Crippen MR) is 74.1 cm³/mol. The molecule has 19 heavy (non-hydrogen) atoms. The van der Waals surface area contributed by atoms with E-state index in [1.165, 1.54) is 24.1 Å². The normalized spacial score (nSPS) is 14.2. The Labute approximate surface area is 113 Å². The van der Waals surface area contributed by atoms with Crippen molar-refractivity contribution in [1.82, 2.24) is 19.7 Å². The van der Waals surface area contributed by atoms with Crippen LogP contribution in [0.2, 0.25) is 0 Å². The van der Waals surface area contributed by atoms with Crippen LogP contribution in [0.3, 0.4) is 0 Å². The second-order valence-corrected chi connectivity index (χ2v) is 5.01. The van der Waals surface area contributed by atoms with Gasteiger partial charge in [-0.05, 0) is 31.7 Å². The molecule has 0 unspecified atom stereocenters. The first-order chi connectivity index (χ1) is 9.33. The van der Waals surface area contributed by atoms with Crippen molar-refractivity contribution in [3.8, 4) is 0 Å². The third-order valence-electron chi connectivity index (χ3n) is 3.57. The van der Waals surface area contributed by atoms with Gasteiger partial charge in [-0.15, -0.1) is 0 Å². The van der Waals surface area contributed by atoms with Crippen molar-refractivity contribution in [2.75, 3.05) is 11.9 Å². The van der Waals surface area contributed by atoms with Gasteiger partial charge in [0.05, 0.1) is 5.69 Å². The summed E-state index contributed by atoms with van der Waals surface area (Å²) in [6.07, 6.45) is 9.25. The molecule has 0 atom stereocenters. The Balaban J connectivity index is 1.64. The van der Waals surface area contributed by atoms with E-state index in [9.17, 15) is 0 Å². The van der Waals surface area contributed by atoms with Crippen LogP contribution in [0.4, 0.5) is 5.82 Å². The SMILES string of the molecule is Cn1ccc(CCNc2ncnc3c2CCCC3)n1. The van der Waals surface area contributed by atoms with Crippen LogP contribution < -0.4 is 5.32 Å². The summed E-state index contributed by atoms with van der Waals surface area (Å²) in [5.41, 5.74) is 3.65. The molecule has 3 rings (SSSR count). The van der Waals surface area contributed by atoms with Gasteiger partial charge in [-0.25, -0.2) is 9.97 Å². The Kier molecular flexibility index (Phi) is 3.44. The lowest BCUT2D eigenvalue weighted by molar-refractivity contribution is 0.663. The van der Waals surface area contributed by atoms with Gasteiger partial charge in [0.2, 0.25) is 0 Å². The maximum Gasteiger partial charge on any atom is 0.132 e. The zero-order valence-electron chi connectivity index (χ0n) is 11.3. The quantitative estimate of drug-likeness (QED) is 0.906. The molecule has 2 aromatic heterocycles. The fourth-order valence-electron chi connectivity index (χ4n) is 2.58. The summed E-state index contributed by atoms with van der Waals surface area (Å²) in [6, 6.07) is 2.05. The Morgan fingerprint density at radius 3 is 3.00 bits per heavy atom. The fraction of sp³-hybridized carbons (Fsp3) is 0.500. The lowest BCUT2D eigenvalue weighted by Gasteiger charge is -2.17. The van der Waals surface area contributed by atoms with Gasteiger partial charge < -0.3 is 5.32 Å². The van der Waals surface area contributed by atoms with E-state index in [0.717, 1.165) is 37.3 Å². The Morgan fingerprint density at radius 1 is 1.26 bits per heavy atom. The number of aromatic nitrogens is 4. The van der Waals surface area contributed by atoms with E-state index >= 15 is 0 Å². The van der Waals surface area contributed by atoms with Crippen LogP contribution in [0.1, 0.15) is 29.8 Å². The van der Waals surface area contributed by atoms with Crippen LogP contribution in [-0.4, -0.2) is 26.3 Å². The number of fused-ring (bicyclic) bond motifs is 1. The van der Waals surface area contributed by atoms with Gasteiger partial charge in [-0.1, -0.05) is 0 Å². The van der Waals surface area contributed by atoms with Gasteiger partial charge in [-0.3, -0.25) is 4.68 Å². The molecule has 0 radical (unpaired) electrons. The maximum absolute atomic E-state index is 4.38. The number of nitrogens with one attached hydrogen (secondary N) is 1. The Hall–Kier alpha value is -1.91. The Morgan fingerprint density at radius 2 is 2.16 bits per heavy atom. The average Bonchev–Trinajstić information content (AvgIpc) is 2.85. The summed E-state index contributed by atoms with van der Waals surface area (Å²) in [5.74, 6) is 1.01. The van der Waals surface area contributed by atoms with Crippen molar-refractivity contribution < 1.29 is 0 Å². The molecule has 0 fully saturated rings. The summed E-state index contributed by atoms with van der Waals surface area (Å²) in [4.78, 5) is 8.76. The lowest BCUT2D eigenvalue weighted by atomic mass is 9.96. The first-order valence-electron chi connectivity index (χ1n) is 6.88. The molecular formula is C14H19N5. The van der Waals surface area contributed by atoms with E-state index in [0.29, 0.717) is 0 Å². The van der Waals surface area contributed by atoms with Crippen LogP contribution in [-0.2, 0) is 26.3 Å². The van der Waals surface area contributed by atoms with Crippen molar-refractivity contribution in [3.05, 3.63) is 35.5 Å². The fourth-order valence-corrected chi connectivity index (χ4v) is 2.58. The first-order valence-corrected chi connectivity index (χ1v) is 6.88. The van der Waals surface area contributed by atoms with Crippen LogP contribution >= 0.6 is 0 Å². The molecule has 0 amide bonds. The van der Waals surface area contributed by atoms with E-state index in [2.05, 4.69) is 26.4 Å². The summed E-state index contributed by atoms with van der Waals surface area (Å²) in [5, 5.41) is 7.80. The highest BCUT2D eigenvalue weighted by molar-refractivity contribution is 5.46. The highest BCUT2D eigenvalue weighted by Gasteiger charge is 2.14. The molecule has 2 aromatic rings. The molecule has 0 bridgehead atoms. The lowest BCUT2D eigenvalue weighted by Crippen LogP contribution is -2.14.